The van der Waals surface area contributed by atoms with Crippen LogP contribution in [0.15, 0.2) is 41.8 Å². The van der Waals surface area contributed by atoms with Crippen molar-refractivity contribution in [3.63, 3.8) is 0 Å². The maximum Gasteiger partial charge on any atom is 0.123 e. The molecule has 3 heteroatoms. The molecular formula is C15H16FNS. The summed E-state index contributed by atoms with van der Waals surface area (Å²) in [5.74, 6) is 0.611. The molecule has 1 aliphatic rings. The largest absolute Gasteiger partial charge is 0.305 e. The minimum atomic E-state index is -0.171. The van der Waals surface area contributed by atoms with Gasteiger partial charge in [-0.3, -0.25) is 0 Å². The molecule has 94 valence electrons. The monoisotopic (exact) mass is 261 g/mol. The molecule has 1 aromatic carbocycles. The van der Waals surface area contributed by atoms with E-state index < -0.39 is 0 Å². The third kappa shape index (κ3) is 2.79. The molecule has 0 saturated heterocycles. The van der Waals surface area contributed by atoms with Gasteiger partial charge in [0.2, 0.25) is 0 Å². The SMILES string of the molecule is Fc1ccc(CNC(c2cccs2)C2CC2)cc1. The van der Waals surface area contributed by atoms with Crippen molar-refractivity contribution in [2.75, 3.05) is 0 Å². The Bertz CT molecular complexity index is 488. The molecule has 0 aliphatic heterocycles. The first-order chi connectivity index (χ1) is 8.83. The van der Waals surface area contributed by atoms with Crippen LogP contribution in [0.3, 0.4) is 0 Å². The fourth-order valence-electron chi connectivity index (χ4n) is 2.23. The fraction of sp³-hybridized carbons (Fsp3) is 0.333. The van der Waals surface area contributed by atoms with Crippen molar-refractivity contribution in [3.8, 4) is 0 Å². The van der Waals surface area contributed by atoms with E-state index in [1.807, 2.05) is 23.5 Å². The van der Waals surface area contributed by atoms with Crippen molar-refractivity contribution >= 4 is 11.3 Å². The van der Waals surface area contributed by atoms with Gasteiger partial charge in [0, 0.05) is 17.5 Å². The van der Waals surface area contributed by atoms with Gasteiger partial charge in [-0.15, -0.1) is 11.3 Å². The summed E-state index contributed by atoms with van der Waals surface area (Å²) in [7, 11) is 0. The number of thiophene rings is 1. The molecule has 1 N–H and O–H groups in total. The lowest BCUT2D eigenvalue weighted by atomic mass is 10.1. The summed E-state index contributed by atoms with van der Waals surface area (Å²) in [5, 5.41) is 5.74. The number of nitrogens with one attached hydrogen (secondary N) is 1. The highest BCUT2D eigenvalue weighted by atomic mass is 32.1. The molecule has 1 atom stereocenters. The Balaban J connectivity index is 1.65. The summed E-state index contributed by atoms with van der Waals surface area (Å²) in [6.45, 7) is 0.805. The van der Waals surface area contributed by atoms with Crippen molar-refractivity contribution in [3.05, 3.63) is 58.0 Å². The second-order valence-corrected chi connectivity index (χ2v) is 5.82. The quantitative estimate of drug-likeness (QED) is 0.853. The number of benzene rings is 1. The highest BCUT2D eigenvalue weighted by Crippen LogP contribution is 2.42. The van der Waals surface area contributed by atoms with Crippen LogP contribution in [0, 0.1) is 11.7 Å². The summed E-state index contributed by atoms with van der Waals surface area (Å²) >= 11 is 1.81. The average molecular weight is 261 g/mol. The van der Waals surface area contributed by atoms with E-state index in [0.29, 0.717) is 6.04 Å². The summed E-state index contributed by atoms with van der Waals surface area (Å²) in [6, 6.07) is 11.5. The van der Waals surface area contributed by atoms with Crippen molar-refractivity contribution in [1.29, 1.82) is 0 Å². The number of halogens is 1. The molecule has 1 heterocycles. The van der Waals surface area contributed by atoms with Crippen molar-refractivity contribution in [2.45, 2.75) is 25.4 Å². The molecule has 1 fully saturated rings. The first-order valence-electron chi connectivity index (χ1n) is 6.34. The topological polar surface area (TPSA) is 12.0 Å². The summed E-state index contributed by atoms with van der Waals surface area (Å²) in [4.78, 5) is 1.42. The third-order valence-corrected chi connectivity index (χ3v) is 4.34. The Morgan fingerprint density at radius 1 is 1.22 bits per heavy atom. The maximum absolute atomic E-state index is 12.8. The number of hydrogen-bond donors (Lipinski definition) is 1. The van der Waals surface area contributed by atoms with Gasteiger partial charge in [-0.05, 0) is 47.9 Å². The van der Waals surface area contributed by atoms with E-state index in [4.69, 9.17) is 0 Å². The Hall–Kier alpha value is -1.19. The zero-order chi connectivity index (χ0) is 12.4. The number of hydrogen-bond acceptors (Lipinski definition) is 2. The predicted molar refractivity (Wildman–Crippen MR) is 73.0 cm³/mol. The zero-order valence-corrected chi connectivity index (χ0v) is 10.9. The van der Waals surface area contributed by atoms with Gasteiger partial charge in [0.15, 0.2) is 0 Å². The van der Waals surface area contributed by atoms with E-state index >= 15 is 0 Å². The van der Waals surface area contributed by atoms with Crippen molar-refractivity contribution in [2.24, 2.45) is 5.92 Å². The van der Waals surface area contributed by atoms with Crippen LogP contribution in [-0.2, 0) is 6.54 Å². The van der Waals surface area contributed by atoms with Crippen LogP contribution in [0.5, 0.6) is 0 Å². The molecule has 2 aromatic rings. The van der Waals surface area contributed by atoms with Gasteiger partial charge < -0.3 is 5.32 Å². The van der Waals surface area contributed by atoms with Crippen molar-refractivity contribution in [1.82, 2.24) is 5.32 Å². The summed E-state index contributed by atoms with van der Waals surface area (Å²) < 4.78 is 12.8. The lowest BCUT2D eigenvalue weighted by Crippen LogP contribution is -2.21. The minimum absolute atomic E-state index is 0.171. The molecule has 0 radical (unpaired) electrons. The number of rotatable bonds is 5. The Morgan fingerprint density at radius 3 is 2.61 bits per heavy atom. The second kappa shape index (κ2) is 5.21. The smallest absolute Gasteiger partial charge is 0.123 e. The van der Waals surface area contributed by atoms with Crippen LogP contribution in [0.4, 0.5) is 4.39 Å². The molecule has 0 spiro atoms. The second-order valence-electron chi connectivity index (χ2n) is 4.84. The van der Waals surface area contributed by atoms with Crippen LogP contribution >= 0.6 is 11.3 Å². The van der Waals surface area contributed by atoms with E-state index in [2.05, 4.69) is 22.8 Å². The molecule has 1 unspecified atom stereocenters. The summed E-state index contributed by atoms with van der Waals surface area (Å²) in [6.07, 6.45) is 2.64. The van der Waals surface area contributed by atoms with Gasteiger partial charge in [0.25, 0.3) is 0 Å². The van der Waals surface area contributed by atoms with Crippen LogP contribution in [0.2, 0.25) is 0 Å². The van der Waals surface area contributed by atoms with Crippen LogP contribution in [0.25, 0.3) is 0 Å². The van der Waals surface area contributed by atoms with Gasteiger partial charge in [-0.2, -0.15) is 0 Å². The molecule has 1 nitrogen and oxygen atoms in total. The molecule has 1 aliphatic carbocycles. The van der Waals surface area contributed by atoms with E-state index in [9.17, 15) is 4.39 Å². The molecular weight excluding hydrogens is 245 g/mol. The molecule has 18 heavy (non-hydrogen) atoms. The van der Waals surface area contributed by atoms with Gasteiger partial charge in [-0.25, -0.2) is 4.39 Å². The van der Waals surface area contributed by atoms with Crippen LogP contribution in [0.1, 0.15) is 29.3 Å². The van der Waals surface area contributed by atoms with E-state index in [1.54, 1.807) is 0 Å². The fourth-order valence-corrected chi connectivity index (χ4v) is 3.12. The standard InChI is InChI=1S/C15H16FNS/c16-13-7-3-11(4-8-13)10-17-15(12-5-6-12)14-2-1-9-18-14/h1-4,7-9,12,15,17H,5-6,10H2. The first kappa shape index (κ1) is 11.9. The lowest BCUT2D eigenvalue weighted by Gasteiger charge is -2.16. The molecule has 1 saturated carbocycles. The van der Waals surface area contributed by atoms with Gasteiger partial charge >= 0.3 is 0 Å². The Morgan fingerprint density at radius 2 is 2.00 bits per heavy atom. The highest BCUT2D eigenvalue weighted by molar-refractivity contribution is 7.10. The van der Waals surface area contributed by atoms with Gasteiger partial charge in [0.1, 0.15) is 5.82 Å². The van der Waals surface area contributed by atoms with E-state index in [-0.39, 0.29) is 5.82 Å². The van der Waals surface area contributed by atoms with E-state index in [1.165, 1.54) is 29.9 Å². The molecule has 0 bridgehead atoms. The molecule has 3 rings (SSSR count). The average Bonchev–Trinajstić information content (AvgIpc) is 3.07. The molecule has 1 aromatic heterocycles. The van der Waals surface area contributed by atoms with Gasteiger partial charge in [0.05, 0.1) is 0 Å². The van der Waals surface area contributed by atoms with Gasteiger partial charge in [-0.1, -0.05) is 18.2 Å². The van der Waals surface area contributed by atoms with Crippen molar-refractivity contribution < 1.29 is 4.39 Å². The van der Waals surface area contributed by atoms with Crippen LogP contribution in [-0.4, -0.2) is 0 Å². The van der Waals surface area contributed by atoms with Crippen LogP contribution < -0.4 is 5.32 Å². The normalized spacial score (nSPS) is 16.7. The minimum Gasteiger partial charge on any atom is -0.305 e. The highest BCUT2D eigenvalue weighted by Gasteiger charge is 2.32. The zero-order valence-electron chi connectivity index (χ0n) is 10.1. The Labute approximate surface area is 111 Å². The Kier molecular flexibility index (Phi) is 3.43. The maximum atomic E-state index is 12.8. The predicted octanol–water partition coefficient (Wildman–Crippen LogP) is 4.13. The molecule has 0 amide bonds. The first-order valence-corrected chi connectivity index (χ1v) is 7.22. The summed E-state index contributed by atoms with van der Waals surface area (Å²) in [5.41, 5.74) is 1.14. The lowest BCUT2D eigenvalue weighted by molar-refractivity contribution is 0.487. The third-order valence-electron chi connectivity index (χ3n) is 3.38. The van der Waals surface area contributed by atoms with E-state index in [0.717, 1.165) is 18.0 Å².